The second-order valence-electron chi connectivity index (χ2n) is 7.62. The van der Waals surface area contributed by atoms with Crippen molar-refractivity contribution in [1.29, 1.82) is 0 Å². The maximum absolute atomic E-state index is 4.82. The van der Waals surface area contributed by atoms with Crippen LogP contribution in [-0.2, 0) is 13.6 Å². The first kappa shape index (κ1) is 18.5. The minimum absolute atomic E-state index is 0.330. The van der Waals surface area contributed by atoms with E-state index in [-0.39, 0.29) is 0 Å². The van der Waals surface area contributed by atoms with Crippen LogP contribution < -0.4 is 10.6 Å². The van der Waals surface area contributed by atoms with Crippen LogP contribution in [0.15, 0.2) is 4.99 Å². The number of aliphatic imine (C=N–C) groups is 1. The molecule has 1 atom stereocenters. The van der Waals surface area contributed by atoms with Crippen molar-refractivity contribution in [2.75, 3.05) is 12.3 Å². The largest absolute Gasteiger partial charge is 0.355 e. The molecule has 0 radical (unpaired) electrons. The summed E-state index contributed by atoms with van der Waals surface area (Å²) in [4.78, 5) is 4.82. The van der Waals surface area contributed by atoms with E-state index < -0.39 is 0 Å². The number of nitrogens with zero attached hydrogens (tertiary/aromatic N) is 4. The summed E-state index contributed by atoms with van der Waals surface area (Å²) >= 11 is 2.08. The van der Waals surface area contributed by atoms with E-state index in [0.29, 0.717) is 17.3 Å². The predicted molar refractivity (Wildman–Crippen MR) is 105 cm³/mol. The molecule has 0 spiro atoms. The molecule has 1 aliphatic heterocycles. The third kappa shape index (κ3) is 5.12. The minimum Gasteiger partial charge on any atom is -0.355 e. The Morgan fingerprint density at radius 2 is 2.08 bits per heavy atom. The standard InChI is InChI=1S/C18H32N6S/c1-14-22-23-16(24(14)3)12-19-17(21-15-8-5-4-6-9-15)20-13-18(2)10-7-11-25-18/h15H,4-13H2,1-3H3,(H2,19,20,21). The molecule has 0 aromatic carbocycles. The van der Waals surface area contributed by atoms with E-state index in [4.69, 9.17) is 4.99 Å². The van der Waals surface area contributed by atoms with Crippen molar-refractivity contribution in [3.8, 4) is 0 Å². The van der Waals surface area contributed by atoms with Crippen molar-refractivity contribution in [3.63, 3.8) is 0 Å². The van der Waals surface area contributed by atoms with Gasteiger partial charge in [0.05, 0.1) is 0 Å². The molecule has 3 rings (SSSR count). The van der Waals surface area contributed by atoms with Gasteiger partial charge in [-0.3, -0.25) is 0 Å². The molecule has 2 N–H and O–H groups in total. The maximum atomic E-state index is 4.82. The second-order valence-corrected chi connectivity index (χ2v) is 9.30. The van der Waals surface area contributed by atoms with Gasteiger partial charge in [0.25, 0.3) is 0 Å². The monoisotopic (exact) mass is 364 g/mol. The first-order chi connectivity index (χ1) is 12.1. The molecule has 1 saturated heterocycles. The highest BCUT2D eigenvalue weighted by atomic mass is 32.2. The summed E-state index contributed by atoms with van der Waals surface area (Å²) in [5.41, 5.74) is 0. The zero-order valence-electron chi connectivity index (χ0n) is 15.8. The topological polar surface area (TPSA) is 67.1 Å². The summed E-state index contributed by atoms with van der Waals surface area (Å²) in [6.07, 6.45) is 9.10. The normalized spacial score (nSPS) is 25.3. The van der Waals surface area contributed by atoms with Gasteiger partial charge >= 0.3 is 0 Å². The number of aryl methyl sites for hydroxylation is 1. The molecule has 2 fully saturated rings. The third-order valence-corrected chi connectivity index (χ3v) is 6.98. The SMILES string of the molecule is Cc1nnc(CN=C(NCC2(C)CCCS2)NC2CCCCC2)n1C. The van der Waals surface area contributed by atoms with Crippen LogP contribution >= 0.6 is 11.8 Å². The molecule has 1 aromatic rings. The van der Waals surface area contributed by atoms with Crippen molar-refractivity contribution in [2.45, 2.75) is 76.1 Å². The summed E-state index contributed by atoms with van der Waals surface area (Å²) in [6, 6.07) is 0.547. The van der Waals surface area contributed by atoms with Gasteiger partial charge in [-0.1, -0.05) is 19.3 Å². The molecule has 140 valence electrons. The number of rotatable bonds is 5. The lowest BCUT2D eigenvalue weighted by Crippen LogP contribution is -2.47. The Morgan fingerprint density at radius 3 is 2.72 bits per heavy atom. The Balaban J connectivity index is 1.63. The quantitative estimate of drug-likeness (QED) is 0.621. The van der Waals surface area contributed by atoms with Crippen LogP contribution in [0.1, 0.15) is 63.5 Å². The number of hydrogen-bond donors (Lipinski definition) is 2. The molecule has 1 saturated carbocycles. The average Bonchev–Trinajstić information content (AvgIpc) is 3.19. The lowest BCUT2D eigenvalue weighted by molar-refractivity contribution is 0.408. The van der Waals surface area contributed by atoms with Crippen molar-refractivity contribution in [2.24, 2.45) is 12.0 Å². The van der Waals surface area contributed by atoms with Crippen molar-refractivity contribution in [1.82, 2.24) is 25.4 Å². The van der Waals surface area contributed by atoms with Crippen molar-refractivity contribution >= 4 is 17.7 Å². The highest BCUT2D eigenvalue weighted by Gasteiger charge is 2.29. The molecular weight excluding hydrogens is 332 g/mol. The molecule has 7 heteroatoms. The molecule has 0 bridgehead atoms. The molecule has 6 nitrogen and oxygen atoms in total. The van der Waals surface area contributed by atoms with Gasteiger partial charge in [-0.15, -0.1) is 10.2 Å². The van der Waals surface area contributed by atoms with E-state index in [1.807, 2.05) is 18.5 Å². The van der Waals surface area contributed by atoms with E-state index in [2.05, 4.69) is 39.5 Å². The van der Waals surface area contributed by atoms with Crippen LogP contribution in [0.4, 0.5) is 0 Å². The lowest BCUT2D eigenvalue weighted by Gasteiger charge is -2.28. The fraction of sp³-hybridized carbons (Fsp3) is 0.833. The van der Waals surface area contributed by atoms with E-state index in [1.165, 1.54) is 50.7 Å². The zero-order chi connectivity index (χ0) is 17.7. The smallest absolute Gasteiger partial charge is 0.191 e. The van der Waals surface area contributed by atoms with Crippen LogP contribution in [0.25, 0.3) is 0 Å². The predicted octanol–water partition coefficient (Wildman–Crippen LogP) is 2.78. The molecule has 1 aromatic heterocycles. The maximum Gasteiger partial charge on any atom is 0.191 e. The first-order valence-corrected chi connectivity index (χ1v) is 10.6. The second kappa shape index (κ2) is 8.43. The molecule has 1 unspecified atom stereocenters. The van der Waals surface area contributed by atoms with Gasteiger partial charge in [0.1, 0.15) is 12.4 Å². The van der Waals surface area contributed by atoms with Crippen LogP contribution in [-0.4, -0.2) is 43.8 Å². The molecule has 2 heterocycles. The highest BCUT2D eigenvalue weighted by molar-refractivity contribution is 8.00. The van der Waals surface area contributed by atoms with Crippen LogP contribution in [0.2, 0.25) is 0 Å². The highest BCUT2D eigenvalue weighted by Crippen LogP contribution is 2.36. The third-order valence-electron chi connectivity index (χ3n) is 5.44. The summed E-state index contributed by atoms with van der Waals surface area (Å²) in [6.45, 7) is 5.86. The Hall–Kier alpha value is -1.24. The van der Waals surface area contributed by atoms with Gasteiger partial charge in [0.15, 0.2) is 11.8 Å². The number of aromatic nitrogens is 3. The van der Waals surface area contributed by atoms with Gasteiger partial charge < -0.3 is 15.2 Å². The van der Waals surface area contributed by atoms with Gasteiger partial charge in [0.2, 0.25) is 0 Å². The summed E-state index contributed by atoms with van der Waals surface area (Å²) in [7, 11) is 2.00. The van der Waals surface area contributed by atoms with E-state index in [9.17, 15) is 0 Å². The van der Waals surface area contributed by atoms with Crippen molar-refractivity contribution < 1.29 is 0 Å². The first-order valence-electron chi connectivity index (χ1n) is 9.59. The summed E-state index contributed by atoms with van der Waals surface area (Å²) in [5.74, 6) is 4.04. The Labute approximate surface area is 155 Å². The summed E-state index contributed by atoms with van der Waals surface area (Å²) < 4.78 is 2.34. The molecular formula is C18H32N6S. The van der Waals surface area contributed by atoms with Gasteiger partial charge in [-0.05, 0) is 45.3 Å². The Kier molecular flexibility index (Phi) is 6.25. The molecule has 25 heavy (non-hydrogen) atoms. The van der Waals surface area contributed by atoms with E-state index in [1.54, 1.807) is 0 Å². The molecule has 2 aliphatic rings. The number of nitrogens with one attached hydrogen (secondary N) is 2. The van der Waals surface area contributed by atoms with E-state index in [0.717, 1.165) is 24.2 Å². The number of thioether (sulfide) groups is 1. The zero-order valence-corrected chi connectivity index (χ0v) is 16.7. The van der Waals surface area contributed by atoms with E-state index >= 15 is 0 Å². The Morgan fingerprint density at radius 1 is 1.28 bits per heavy atom. The molecule has 1 aliphatic carbocycles. The van der Waals surface area contributed by atoms with Crippen LogP contribution in [0.5, 0.6) is 0 Å². The van der Waals surface area contributed by atoms with Gasteiger partial charge in [0, 0.05) is 24.4 Å². The molecule has 0 amide bonds. The minimum atomic E-state index is 0.330. The average molecular weight is 365 g/mol. The fourth-order valence-corrected chi connectivity index (χ4v) is 4.82. The van der Waals surface area contributed by atoms with Crippen LogP contribution in [0, 0.1) is 6.92 Å². The van der Waals surface area contributed by atoms with Crippen LogP contribution in [0.3, 0.4) is 0 Å². The summed E-state index contributed by atoms with van der Waals surface area (Å²) in [5, 5.41) is 15.6. The van der Waals surface area contributed by atoms with Gasteiger partial charge in [-0.25, -0.2) is 4.99 Å². The van der Waals surface area contributed by atoms with Crippen molar-refractivity contribution in [3.05, 3.63) is 11.6 Å². The Bertz CT molecular complexity index is 584. The fourth-order valence-electron chi connectivity index (χ4n) is 3.58. The van der Waals surface area contributed by atoms with Gasteiger partial charge in [-0.2, -0.15) is 11.8 Å². The number of hydrogen-bond acceptors (Lipinski definition) is 4. The lowest BCUT2D eigenvalue weighted by atomic mass is 9.96. The number of guanidine groups is 1.